The normalized spacial score (nSPS) is 15.1. The number of anilines is 1. The van der Waals surface area contributed by atoms with Gasteiger partial charge in [-0.2, -0.15) is 0 Å². The van der Waals surface area contributed by atoms with E-state index in [2.05, 4.69) is 15.5 Å². The zero-order chi connectivity index (χ0) is 8.72. The van der Waals surface area contributed by atoms with Crippen LogP contribution in [-0.2, 0) is 11.3 Å². The third-order valence-electron chi connectivity index (χ3n) is 1.85. The number of aromatic nitrogens is 3. The highest BCUT2D eigenvalue weighted by Gasteiger charge is 2.23. The maximum Gasteiger partial charge on any atom is 0.246 e. The van der Waals surface area contributed by atoms with E-state index in [9.17, 15) is 4.79 Å². The van der Waals surface area contributed by atoms with Crippen molar-refractivity contribution in [2.75, 3.05) is 5.32 Å². The summed E-state index contributed by atoms with van der Waals surface area (Å²) in [5.41, 5.74) is 0. The van der Waals surface area contributed by atoms with E-state index in [1.165, 1.54) is 0 Å². The predicted octanol–water partition coefficient (Wildman–Crippen LogP) is 0.354. The van der Waals surface area contributed by atoms with Gasteiger partial charge in [0, 0.05) is 5.92 Å². The lowest BCUT2D eigenvalue weighted by Crippen LogP contribution is -2.09. The van der Waals surface area contributed by atoms with E-state index in [-0.39, 0.29) is 5.91 Å². The molecule has 64 valence electrons. The Kier molecular flexibility index (Phi) is 1.39. The van der Waals surface area contributed by atoms with Crippen LogP contribution in [0.15, 0.2) is 0 Å². The lowest BCUT2D eigenvalue weighted by atomic mass is 10.2. The number of carbonyl (C=O) groups excluding carboxylic acids is 1. The molecule has 12 heavy (non-hydrogen) atoms. The molecule has 0 aromatic carbocycles. The number of hydrogen-bond acceptors (Lipinski definition) is 3. The van der Waals surface area contributed by atoms with Gasteiger partial charge in [0.15, 0.2) is 0 Å². The number of hydrogen-bond donors (Lipinski definition) is 1. The van der Waals surface area contributed by atoms with Gasteiger partial charge in [-0.05, 0) is 0 Å². The summed E-state index contributed by atoms with van der Waals surface area (Å²) in [6.45, 7) is 4.41. The summed E-state index contributed by atoms with van der Waals surface area (Å²) in [6, 6.07) is 0. The van der Waals surface area contributed by atoms with Crippen molar-refractivity contribution in [3.8, 4) is 0 Å². The summed E-state index contributed by atoms with van der Waals surface area (Å²) in [6.07, 6.45) is 0. The second-order valence-electron chi connectivity index (χ2n) is 3.17. The monoisotopic (exact) mass is 166 g/mol. The van der Waals surface area contributed by atoms with Crippen molar-refractivity contribution in [3.05, 3.63) is 5.82 Å². The fraction of sp³-hybridized carbons (Fsp3) is 0.571. The molecule has 0 radical (unpaired) electrons. The van der Waals surface area contributed by atoms with Crippen LogP contribution in [0.2, 0.25) is 0 Å². The minimum Gasteiger partial charge on any atom is -0.293 e. The van der Waals surface area contributed by atoms with Crippen molar-refractivity contribution < 1.29 is 4.79 Å². The van der Waals surface area contributed by atoms with Gasteiger partial charge in [0.25, 0.3) is 0 Å². The van der Waals surface area contributed by atoms with Crippen molar-refractivity contribution >= 4 is 11.9 Å². The first kappa shape index (κ1) is 7.27. The average molecular weight is 166 g/mol. The molecule has 0 unspecified atom stereocenters. The van der Waals surface area contributed by atoms with E-state index in [1.54, 1.807) is 0 Å². The molecule has 2 rings (SSSR count). The van der Waals surface area contributed by atoms with Crippen molar-refractivity contribution in [2.24, 2.45) is 0 Å². The fourth-order valence-corrected chi connectivity index (χ4v) is 1.30. The van der Waals surface area contributed by atoms with Gasteiger partial charge in [-0.1, -0.05) is 13.8 Å². The van der Waals surface area contributed by atoms with Crippen LogP contribution < -0.4 is 5.32 Å². The third kappa shape index (κ3) is 0.895. The minimum atomic E-state index is -0.0122. The van der Waals surface area contributed by atoms with E-state index in [1.807, 2.05) is 18.4 Å². The van der Waals surface area contributed by atoms with Crippen LogP contribution >= 0.6 is 0 Å². The second kappa shape index (κ2) is 2.30. The number of carbonyl (C=O) groups is 1. The molecule has 0 saturated heterocycles. The van der Waals surface area contributed by atoms with Gasteiger partial charge >= 0.3 is 0 Å². The van der Waals surface area contributed by atoms with Crippen LogP contribution in [0.4, 0.5) is 5.95 Å². The number of rotatable bonds is 1. The highest BCUT2D eigenvalue weighted by molar-refractivity contribution is 5.92. The van der Waals surface area contributed by atoms with Gasteiger partial charge in [0.05, 0.1) is 0 Å². The molecule has 1 aliphatic rings. The molecule has 5 nitrogen and oxygen atoms in total. The summed E-state index contributed by atoms with van der Waals surface area (Å²) >= 11 is 0. The lowest BCUT2D eigenvalue weighted by molar-refractivity contribution is -0.115. The Hall–Kier alpha value is -1.39. The van der Waals surface area contributed by atoms with Gasteiger partial charge in [-0.3, -0.25) is 14.7 Å². The quantitative estimate of drug-likeness (QED) is 0.655. The molecule has 1 aromatic heterocycles. The topological polar surface area (TPSA) is 59.8 Å². The van der Waals surface area contributed by atoms with Crippen molar-refractivity contribution in [2.45, 2.75) is 26.3 Å². The zero-order valence-electron chi connectivity index (χ0n) is 7.03. The van der Waals surface area contributed by atoms with E-state index >= 15 is 0 Å². The summed E-state index contributed by atoms with van der Waals surface area (Å²) in [7, 11) is 0. The molecular formula is C7H10N4O. The summed E-state index contributed by atoms with van der Waals surface area (Å²) in [5, 5.41) is 10.4. The molecular weight excluding hydrogens is 156 g/mol. The Balaban J connectivity index is 2.43. The molecule has 1 N–H and O–H groups in total. The first-order valence-corrected chi connectivity index (χ1v) is 3.91. The Morgan fingerprint density at radius 2 is 2.25 bits per heavy atom. The molecule has 0 saturated carbocycles. The molecule has 1 aromatic rings. The fourth-order valence-electron chi connectivity index (χ4n) is 1.30. The van der Waals surface area contributed by atoms with Gasteiger partial charge in [-0.15, -0.1) is 10.2 Å². The second-order valence-corrected chi connectivity index (χ2v) is 3.17. The Bertz CT molecular complexity index is 328. The number of amides is 1. The van der Waals surface area contributed by atoms with Crippen molar-refractivity contribution in [1.82, 2.24) is 14.8 Å². The van der Waals surface area contributed by atoms with Crippen LogP contribution in [0, 0.1) is 0 Å². The Labute approximate surface area is 69.8 Å². The molecule has 0 spiro atoms. The van der Waals surface area contributed by atoms with Crippen molar-refractivity contribution in [1.29, 1.82) is 0 Å². The molecule has 1 aliphatic heterocycles. The molecule has 1 amide bonds. The minimum absolute atomic E-state index is 0.0122. The zero-order valence-corrected chi connectivity index (χ0v) is 7.03. The highest BCUT2D eigenvalue weighted by Crippen LogP contribution is 2.19. The van der Waals surface area contributed by atoms with Crippen molar-refractivity contribution in [3.63, 3.8) is 0 Å². The summed E-state index contributed by atoms with van der Waals surface area (Å²) in [5.74, 6) is 1.73. The first-order valence-electron chi connectivity index (χ1n) is 3.91. The predicted molar refractivity (Wildman–Crippen MR) is 42.7 cm³/mol. The molecule has 0 bridgehead atoms. The van der Waals surface area contributed by atoms with E-state index in [0.717, 1.165) is 5.82 Å². The van der Waals surface area contributed by atoms with Gasteiger partial charge < -0.3 is 0 Å². The average Bonchev–Trinajstić information content (AvgIpc) is 2.43. The van der Waals surface area contributed by atoms with E-state index in [4.69, 9.17) is 0 Å². The summed E-state index contributed by atoms with van der Waals surface area (Å²) in [4.78, 5) is 10.9. The van der Waals surface area contributed by atoms with Crippen LogP contribution in [-0.4, -0.2) is 20.7 Å². The number of nitrogens with one attached hydrogen (secondary N) is 1. The molecule has 5 heteroatoms. The van der Waals surface area contributed by atoms with Crippen LogP contribution in [0.5, 0.6) is 0 Å². The molecule has 0 fully saturated rings. The first-order chi connectivity index (χ1) is 5.68. The third-order valence-corrected chi connectivity index (χ3v) is 1.85. The van der Waals surface area contributed by atoms with E-state index < -0.39 is 0 Å². The highest BCUT2D eigenvalue weighted by atomic mass is 16.2. The van der Waals surface area contributed by atoms with Crippen LogP contribution in [0.1, 0.15) is 25.6 Å². The smallest absolute Gasteiger partial charge is 0.246 e. The molecule has 2 heterocycles. The van der Waals surface area contributed by atoms with Crippen LogP contribution in [0.3, 0.4) is 0 Å². The molecule has 0 atom stereocenters. The summed E-state index contributed by atoms with van der Waals surface area (Å²) < 4.78 is 1.81. The Morgan fingerprint density at radius 1 is 1.50 bits per heavy atom. The standard InChI is InChI=1S/C7H10N4O/c1-4(2)6-9-10-7-8-5(12)3-11(6)7/h4H,3H2,1-2H3,(H,8,10,12). The number of nitrogens with zero attached hydrogens (tertiary/aromatic N) is 3. The maximum atomic E-state index is 10.9. The van der Waals surface area contributed by atoms with Gasteiger partial charge in [0.2, 0.25) is 11.9 Å². The molecule has 0 aliphatic carbocycles. The van der Waals surface area contributed by atoms with Gasteiger partial charge in [0.1, 0.15) is 12.4 Å². The largest absolute Gasteiger partial charge is 0.293 e. The SMILES string of the molecule is CC(C)c1nnc2n1CC(=O)N2. The van der Waals surface area contributed by atoms with E-state index in [0.29, 0.717) is 18.4 Å². The van der Waals surface area contributed by atoms with Gasteiger partial charge in [-0.25, -0.2) is 0 Å². The maximum absolute atomic E-state index is 10.9. The number of fused-ring (bicyclic) bond motifs is 1. The lowest BCUT2D eigenvalue weighted by Gasteiger charge is -2.02. The Morgan fingerprint density at radius 3 is 2.92 bits per heavy atom. The van der Waals surface area contributed by atoms with Crippen LogP contribution in [0.25, 0.3) is 0 Å².